The maximum absolute atomic E-state index is 12.6. The first kappa shape index (κ1) is 16.7. The van der Waals surface area contributed by atoms with Crippen molar-refractivity contribution in [3.63, 3.8) is 0 Å². The van der Waals surface area contributed by atoms with Crippen LogP contribution in [0.25, 0.3) is 10.2 Å². The van der Waals surface area contributed by atoms with Gasteiger partial charge >= 0.3 is 0 Å². The van der Waals surface area contributed by atoms with Crippen molar-refractivity contribution in [3.05, 3.63) is 58.9 Å². The number of aromatic nitrogens is 2. The molecule has 0 atom stereocenters. The summed E-state index contributed by atoms with van der Waals surface area (Å²) in [6.07, 6.45) is 4.93. The van der Waals surface area contributed by atoms with Gasteiger partial charge in [0, 0.05) is 30.9 Å². The molecule has 0 bridgehead atoms. The monoisotopic (exact) mass is 366 g/mol. The topological polar surface area (TPSA) is 89.2 Å². The fourth-order valence-corrected chi connectivity index (χ4v) is 4.64. The molecule has 2 amide bonds. The van der Waals surface area contributed by atoms with E-state index in [9.17, 15) is 9.59 Å². The molecule has 26 heavy (non-hydrogen) atoms. The highest BCUT2D eigenvalue weighted by Gasteiger charge is 2.30. The summed E-state index contributed by atoms with van der Waals surface area (Å²) in [5, 5.41) is 1.00. The van der Waals surface area contributed by atoms with Gasteiger partial charge in [0.25, 0.3) is 11.8 Å². The molecular weight excluding hydrogens is 348 g/mol. The lowest BCUT2D eigenvalue weighted by molar-refractivity contribution is 0.0706. The van der Waals surface area contributed by atoms with E-state index in [2.05, 4.69) is 9.97 Å². The number of primary amides is 1. The van der Waals surface area contributed by atoms with E-state index in [1.807, 2.05) is 23.1 Å². The minimum absolute atomic E-state index is 0.0454. The van der Waals surface area contributed by atoms with Gasteiger partial charge in [0.1, 0.15) is 10.5 Å². The highest BCUT2D eigenvalue weighted by atomic mass is 32.1. The molecule has 2 N–H and O–H groups in total. The Labute approximate surface area is 154 Å². The summed E-state index contributed by atoms with van der Waals surface area (Å²) in [5.74, 6) is -0.255. The molecule has 1 fully saturated rings. The molecule has 3 aromatic heterocycles. The number of nitrogens with two attached hydrogens (primary N) is 1. The third kappa shape index (κ3) is 2.94. The van der Waals surface area contributed by atoms with E-state index in [1.165, 1.54) is 11.3 Å². The number of amides is 2. The second kappa shape index (κ2) is 6.84. The van der Waals surface area contributed by atoms with Crippen molar-refractivity contribution in [2.75, 3.05) is 13.1 Å². The number of thiophene rings is 1. The lowest BCUT2D eigenvalue weighted by atomic mass is 9.87. The summed E-state index contributed by atoms with van der Waals surface area (Å²) in [6, 6.07) is 9.22. The number of carbonyl (C=O) groups excluding carboxylic acids is 2. The van der Waals surface area contributed by atoms with Gasteiger partial charge < -0.3 is 10.6 Å². The number of carbonyl (C=O) groups is 2. The fourth-order valence-electron chi connectivity index (χ4n) is 3.56. The molecule has 0 spiro atoms. The molecule has 6 nitrogen and oxygen atoms in total. The summed E-state index contributed by atoms with van der Waals surface area (Å²) >= 11 is 1.35. The van der Waals surface area contributed by atoms with Crippen LogP contribution in [-0.4, -0.2) is 39.8 Å². The zero-order chi connectivity index (χ0) is 18.1. The van der Waals surface area contributed by atoms with E-state index in [-0.39, 0.29) is 11.8 Å². The van der Waals surface area contributed by atoms with E-state index in [0.717, 1.165) is 28.6 Å². The lowest BCUT2D eigenvalue weighted by Gasteiger charge is -2.32. The van der Waals surface area contributed by atoms with Gasteiger partial charge in [-0.15, -0.1) is 11.3 Å². The maximum Gasteiger partial charge on any atom is 0.272 e. The summed E-state index contributed by atoms with van der Waals surface area (Å²) < 4.78 is 0. The van der Waals surface area contributed by atoms with Crippen molar-refractivity contribution >= 4 is 33.4 Å². The van der Waals surface area contributed by atoms with Gasteiger partial charge in [0.15, 0.2) is 0 Å². The molecule has 0 aromatic carbocycles. The third-order valence-corrected chi connectivity index (χ3v) is 5.95. The van der Waals surface area contributed by atoms with Gasteiger partial charge in [-0.2, -0.15) is 0 Å². The van der Waals surface area contributed by atoms with E-state index < -0.39 is 5.91 Å². The zero-order valence-corrected chi connectivity index (χ0v) is 14.9. The van der Waals surface area contributed by atoms with Crippen LogP contribution in [0.1, 0.15) is 44.5 Å². The van der Waals surface area contributed by atoms with Crippen LogP contribution in [0.4, 0.5) is 0 Å². The normalized spacial score (nSPS) is 15.3. The number of piperidine rings is 1. The quantitative estimate of drug-likeness (QED) is 0.772. The van der Waals surface area contributed by atoms with Crippen molar-refractivity contribution in [2.45, 2.75) is 18.8 Å². The van der Waals surface area contributed by atoms with Crippen LogP contribution < -0.4 is 5.73 Å². The van der Waals surface area contributed by atoms with Crippen LogP contribution >= 0.6 is 11.3 Å². The van der Waals surface area contributed by atoms with Gasteiger partial charge in [-0.05, 0) is 42.5 Å². The number of rotatable bonds is 3. The molecule has 0 saturated carbocycles. The second-order valence-electron chi connectivity index (χ2n) is 6.35. The van der Waals surface area contributed by atoms with Crippen molar-refractivity contribution in [2.24, 2.45) is 5.73 Å². The number of fused-ring (bicyclic) bond motifs is 1. The SMILES string of the molecule is NC(=O)c1sc2ncccc2c1C1CCN(C(=O)c2ccccn2)CC1. The minimum Gasteiger partial charge on any atom is -0.365 e. The summed E-state index contributed by atoms with van der Waals surface area (Å²) in [6.45, 7) is 1.27. The Balaban J connectivity index is 1.57. The smallest absolute Gasteiger partial charge is 0.272 e. The van der Waals surface area contributed by atoms with Gasteiger partial charge in [0.2, 0.25) is 0 Å². The van der Waals surface area contributed by atoms with Crippen molar-refractivity contribution in [1.29, 1.82) is 0 Å². The minimum atomic E-state index is -0.407. The Hall–Kier alpha value is -2.80. The van der Waals surface area contributed by atoms with E-state index in [4.69, 9.17) is 5.73 Å². The molecular formula is C19H18N4O2S. The molecule has 1 saturated heterocycles. The van der Waals surface area contributed by atoms with Crippen molar-refractivity contribution in [1.82, 2.24) is 14.9 Å². The standard InChI is InChI=1S/C19H18N4O2S/c20-17(24)16-15(13-4-3-9-22-18(13)26-16)12-6-10-23(11-7-12)19(25)14-5-1-2-8-21-14/h1-5,8-9,12H,6-7,10-11H2,(H2,20,24). The van der Waals surface area contributed by atoms with E-state index in [0.29, 0.717) is 23.7 Å². The molecule has 4 rings (SSSR count). The number of likely N-dealkylation sites (tertiary alicyclic amines) is 1. The van der Waals surface area contributed by atoms with E-state index in [1.54, 1.807) is 24.5 Å². The van der Waals surface area contributed by atoms with Crippen molar-refractivity contribution < 1.29 is 9.59 Å². The largest absolute Gasteiger partial charge is 0.365 e. The molecule has 132 valence electrons. The van der Waals surface area contributed by atoms with Crippen LogP contribution in [0.2, 0.25) is 0 Å². The molecule has 7 heteroatoms. The predicted molar refractivity (Wildman–Crippen MR) is 100 cm³/mol. The zero-order valence-electron chi connectivity index (χ0n) is 14.1. The molecule has 1 aliphatic heterocycles. The van der Waals surface area contributed by atoms with Gasteiger partial charge in [0.05, 0.1) is 4.88 Å². The van der Waals surface area contributed by atoms with Crippen LogP contribution in [0, 0.1) is 0 Å². The van der Waals surface area contributed by atoms with Gasteiger partial charge in [-0.25, -0.2) is 4.98 Å². The fraction of sp³-hybridized carbons (Fsp3) is 0.263. The Bertz CT molecular complexity index is 962. The van der Waals surface area contributed by atoms with E-state index >= 15 is 0 Å². The second-order valence-corrected chi connectivity index (χ2v) is 7.35. The average Bonchev–Trinajstić information content (AvgIpc) is 3.08. The number of pyridine rings is 2. The summed E-state index contributed by atoms with van der Waals surface area (Å²) in [7, 11) is 0. The molecule has 0 radical (unpaired) electrons. The summed E-state index contributed by atoms with van der Waals surface area (Å²) in [5.41, 5.74) is 7.07. The number of hydrogen-bond donors (Lipinski definition) is 1. The average molecular weight is 366 g/mol. The van der Waals surface area contributed by atoms with Crippen LogP contribution in [0.15, 0.2) is 42.7 Å². The first-order valence-corrected chi connectivity index (χ1v) is 9.34. The Morgan fingerprint density at radius 2 is 1.85 bits per heavy atom. The predicted octanol–water partition coefficient (Wildman–Crippen LogP) is 2.81. The Morgan fingerprint density at radius 3 is 2.54 bits per heavy atom. The Morgan fingerprint density at radius 1 is 1.08 bits per heavy atom. The highest BCUT2D eigenvalue weighted by Crippen LogP contribution is 2.39. The van der Waals surface area contributed by atoms with Crippen LogP contribution in [0.5, 0.6) is 0 Å². The summed E-state index contributed by atoms with van der Waals surface area (Å²) in [4.78, 5) is 36.2. The van der Waals surface area contributed by atoms with Crippen molar-refractivity contribution in [3.8, 4) is 0 Å². The number of nitrogens with zero attached hydrogens (tertiary/aromatic N) is 3. The number of hydrogen-bond acceptors (Lipinski definition) is 5. The Kier molecular flexibility index (Phi) is 4.38. The first-order chi connectivity index (χ1) is 12.6. The van der Waals surface area contributed by atoms with Crippen LogP contribution in [0.3, 0.4) is 0 Å². The highest BCUT2D eigenvalue weighted by molar-refractivity contribution is 7.20. The molecule has 4 heterocycles. The van der Waals surface area contributed by atoms with Crippen LogP contribution in [-0.2, 0) is 0 Å². The van der Waals surface area contributed by atoms with Gasteiger partial charge in [-0.1, -0.05) is 12.1 Å². The molecule has 1 aliphatic rings. The first-order valence-electron chi connectivity index (χ1n) is 8.52. The molecule has 0 unspecified atom stereocenters. The van der Waals surface area contributed by atoms with Gasteiger partial charge in [-0.3, -0.25) is 14.6 Å². The lowest BCUT2D eigenvalue weighted by Crippen LogP contribution is -2.38. The third-order valence-electron chi connectivity index (χ3n) is 4.80. The molecule has 0 aliphatic carbocycles. The maximum atomic E-state index is 12.6. The molecule has 3 aromatic rings.